The van der Waals surface area contributed by atoms with Gasteiger partial charge >= 0.3 is 5.97 Å². The zero-order valence-corrected chi connectivity index (χ0v) is 12.3. The summed E-state index contributed by atoms with van der Waals surface area (Å²) < 4.78 is 11.7. The molecule has 2 aliphatic rings. The Kier molecular flexibility index (Phi) is 3.61. The summed E-state index contributed by atoms with van der Waals surface area (Å²) in [7, 11) is 0. The van der Waals surface area contributed by atoms with Crippen LogP contribution < -0.4 is 4.90 Å². The maximum Gasteiger partial charge on any atom is 0.355 e. The van der Waals surface area contributed by atoms with Crippen molar-refractivity contribution in [1.82, 2.24) is 9.97 Å². The molecule has 0 radical (unpaired) electrons. The molecule has 3 rings (SSSR count). The summed E-state index contributed by atoms with van der Waals surface area (Å²) in [6.45, 7) is 2.64. The number of carbonyl (C=O) groups is 1. The Labute approximate surface area is 124 Å². The first-order valence-electron chi connectivity index (χ1n) is 6.38. The molecule has 0 unspecified atom stereocenters. The first kappa shape index (κ1) is 13.7. The van der Waals surface area contributed by atoms with Gasteiger partial charge in [0, 0.05) is 32.1 Å². The van der Waals surface area contributed by atoms with Crippen molar-refractivity contribution < 1.29 is 19.4 Å². The molecule has 2 fully saturated rings. The van der Waals surface area contributed by atoms with Crippen LogP contribution in [0.5, 0.6) is 0 Å². The minimum absolute atomic E-state index is 0.0244. The van der Waals surface area contributed by atoms with Gasteiger partial charge in [-0.05, 0) is 15.9 Å². The van der Waals surface area contributed by atoms with Crippen LogP contribution in [0, 0.1) is 0 Å². The molecule has 20 heavy (non-hydrogen) atoms. The fourth-order valence-corrected chi connectivity index (χ4v) is 2.85. The fraction of sp³-hybridized carbons (Fsp3) is 0.583. The normalized spacial score (nSPS) is 21.4. The van der Waals surface area contributed by atoms with E-state index in [1.807, 2.05) is 4.90 Å². The zero-order valence-electron chi connectivity index (χ0n) is 10.7. The average Bonchev–Trinajstić information content (AvgIpc) is 2.88. The maximum atomic E-state index is 11.1. The molecule has 2 saturated heterocycles. The van der Waals surface area contributed by atoms with Crippen molar-refractivity contribution >= 4 is 27.8 Å². The quantitative estimate of drug-likeness (QED) is 0.865. The van der Waals surface area contributed by atoms with Crippen molar-refractivity contribution in [3.8, 4) is 0 Å². The van der Waals surface area contributed by atoms with E-state index in [4.69, 9.17) is 14.6 Å². The van der Waals surface area contributed by atoms with Gasteiger partial charge in [0.05, 0.1) is 17.7 Å². The van der Waals surface area contributed by atoms with E-state index < -0.39 is 11.8 Å². The van der Waals surface area contributed by atoms with Crippen molar-refractivity contribution in [2.75, 3.05) is 31.2 Å². The van der Waals surface area contributed by atoms with Crippen molar-refractivity contribution in [3.63, 3.8) is 0 Å². The molecule has 0 bridgehead atoms. The third kappa shape index (κ3) is 2.50. The van der Waals surface area contributed by atoms with Gasteiger partial charge in [-0.1, -0.05) is 0 Å². The van der Waals surface area contributed by atoms with Gasteiger partial charge in [0.2, 0.25) is 5.95 Å². The van der Waals surface area contributed by atoms with Crippen LogP contribution in [0.4, 0.5) is 5.95 Å². The summed E-state index contributed by atoms with van der Waals surface area (Å²) in [5, 5.41) is 9.08. The summed E-state index contributed by atoms with van der Waals surface area (Å²) in [5.74, 6) is -1.10. The highest BCUT2D eigenvalue weighted by Gasteiger charge is 2.40. The number of carboxylic acids is 1. The summed E-state index contributed by atoms with van der Waals surface area (Å²) in [6, 6.07) is 0. The molecular weight excluding hydrogens is 330 g/mol. The van der Waals surface area contributed by atoms with Crippen molar-refractivity contribution in [1.29, 1.82) is 0 Å². The Balaban J connectivity index is 1.75. The van der Waals surface area contributed by atoms with E-state index in [-0.39, 0.29) is 5.69 Å². The van der Waals surface area contributed by atoms with E-state index in [0.717, 1.165) is 12.8 Å². The van der Waals surface area contributed by atoms with Gasteiger partial charge in [-0.15, -0.1) is 0 Å². The Hall–Kier alpha value is -1.25. The number of anilines is 1. The Bertz CT molecular complexity index is 523. The van der Waals surface area contributed by atoms with Crippen LogP contribution in [-0.2, 0) is 9.47 Å². The van der Waals surface area contributed by atoms with Crippen molar-refractivity contribution in [2.45, 2.75) is 18.6 Å². The lowest BCUT2D eigenvalue weighted by Gasteiger charge is -2.37. The fourth-order valence-electron chi connectivity index (χ4n) is 2.49. The summed E-state index contributed by atoms with van der Waals surface area (Å²) in [4.78, 5) is 21.3. The lowest BCUT2D eigenvalue weighted by molar-refractivity contribution is -0.169. The van der Waals surface area contributed by atoms with Gasteiger partial charge in [-0.25, -0.2) is 14.8 Å². The Morgan fingerprint density at radius 2 is 2.00 bits per heavy atom. The third-order valence-electron chi connectivity index (χ3n) is 3.56. The van der Waals surface area contributed by atoms with Crippen LogP contribution in [0.3, 0.4) is 0 Å². The van der Waals surface area contributed by atoms with Crippen molar-refractivity contribution in [3.05, 3.63) is 16.4 Å². The minimum Gasteiger partial charge on any atom is -0.476 e. The highest BCUT2D eigenvalue weighted by molar-refractivity contribution is 9.10. The lowest BCUT2D eigenvalue weighted by atomic mass is 10.0. The molecular formula is C12H14BrN3O4. The first-order chi connectivity index (χ1) is 9.60. The zero-order chi connectivity index (χ0) is 14.2. The van der Waals surface area contributed by atoms with Crippen LogP contribution in [0.15, 0.2) is 10.7 Å². The molecule has 0 aliphatic carbocycles. The number of hydrogen-bond donors (Lipinski definition) is 1. The van der Waals surface area contributed by atoms with E-state index in [9.17, 15) is 4.79 Å². The molecule has 0 aromatic carbocycles. The predicted molar refractivity (Wildman–Crippen MR) is 72.8 cm³/mol. The largest absolute Gasteiger partial charge is 0.476 e. The number of aromatic carboxylic acids is 1. The molecule has 0 amide bonds. The molecule has 1 aromatic rings. The van der Waals surface area contributed by atoms with Gasteiger partial charge in [0.25, 0.3) is 0 Å². The highest BCUT2D eigenvalue weighted by atomic mass is 79.9. The molecule has 1 spiro atoms. The third-order valence-corrected chi connectivity index (χ3v) is 4.14. The van der Waals surface area contributed by atoms with Gasteiger partial charge in [0.1, 0.15) is 0 Å². The van der Waals surface area contributed by atoms with Gasteiger partial charge in [-0.3, -0.25) is 0 Å². The number of aromatic nitrogens is 2. The second-order valence-corrected chi connectivity index (χ2v) is 5.62. The van der Waals surface area contributed by atoms with Gasteiger partial charge in [0.15, 0.2) is 11.5 Å². The summed E-state index contributed by atoms with van der Waals surface area (Å²) in [5.41, 5.74) is -0.0244. The van der Waals surface area contributed by atoms with E-state index in [1.54, 1.807) is 0 Å². The van der Waals surface area contributed by atoms with Gasteiger partial charge < -0.3 is 19.5 Å². The second-order valence-electron chi connectivity index (χ2n) is 4.77. The first-order valence-corrected chi connectivity index (χ1v) is 7.18. The number of rotatable bonds is 2. The molecule has 8 heteroatoms. The van der Waals surface area contributed by atoms with Crippen LogP contribution >= 0.6 is 15.9 Å². The Morgan fingerprint density at radius 1 is 1.35 bits per heavy atom. The molecule has 0 saturated carbocycles. The molecule has 108 valence electrons. The second kappa shape index (κ2) is 5.27. The van der Waals surface area contributed by atoms with Gasteiger partial charge in [-0.2, -0.15) is 0 Å². The molecule has 7 nitrogen and oxygen atoms in total. The van der Waals surface area contributed by atoms with Crippen LogP contribution in [0.1, 0.15) is 23.3 Å². The lowest BCUT2D eigenvalue weighted by Crippen LogP contribution is -2.45. The topological polar surface area (TPSA) is 84.8 Å². The van der Waals surface area contributed by atoms with Crippen LogP contribution in [-0.4, -0.2) is 53.1 Å². The van der Waals surface area contributed by atoms with Crippen LogP contribution in [0.25, 0.3) is 0 Å². The van der Waals surface area contributed by atoms with E-state index in [0.29, 0.717) is 36.7 Å². The van der Waals surface area contributed by atoms with Crippen LogP contribution in [0.2, 0.25) is 0 Å². The molecule has 1 aromatic heterocycles. The van der Waals surface area contributed by atoms with E-state index >= 15 is 0 Å². The Morgan fingerprint density at radius 3 is 2.60 bits per heavy atom. The summed E-state index contributed by atoms with van der Waals surface area (Å²) >= 11 is 3.14. The standard InChI is InChI=1S/C12H14BrN3O4/c13-8-7-14-11(15-9(8)10(17)18)16-3-1-12(2-4-16)19-5-6-20-12/h7H,1-6H2,(H,17,18). The molecule has 3 heterocycles. The highest BCUT2D eigenvalue weighted by Crippen LogP contribution is 2.32. The summed E-state index contributed by atoms with van der Waals surface area (Å²) in [6.07, 6.45) is 2.93. The van der Waals surface area contributed by atoms with E-state index in [2.05, 4.69) is 25.9 Å². The maximum absolute atomic E-state index is 11.1. The van der Waals surface area contributed by atoms with E-state index in [1.165, 1.54) is 6.20 Å². The molecule has 0 atom stereocenters. The molecule has 2 aliphatic heterocycles. The number of piperidine rings is 1. The monoisotopic (exact) mass is 343 g/mol. The minimum atomic E-state index is -1.07. The molecule has 1 N–H and O–H groups in total. The SMILES string of the molecule is O=C(O)c1nc(N2CCC3(CC2)OCCO3)ncc1Br. The number of halogens is 1. The predicted octanol–water partition coefficient (Wildman–Crippen LogP) is 1.28. The number of hydrogen-bond acceptors (Lipinski definition) is 6. The number of nitrogens with zero attached hydrogens (tertiary/aromatic N) is 3. The van der Waals surface area contributed by atoms with Crippen molar-refractivity contribution in [2.24, 2.45) is 0 Å². The number of ether oxygens (including phenoxy) is 2. The number of carboxylic acid groups (broad SMARTS) is 1. The smallest absolute Gasteiger partial charge is 0.355 e. The average molecular weight is 344 g/mol.